The quantitative estimate of drug-likeness (QED) is 0.316. The van der Waals surface area contributed by atoms with E-state index in [4.69, 9.17) is 34.7 Å². The molecule has 4 rings (SSSR count). The summed E-state index contributed by atoms with van der Waals surface area (Å²) >= 11 is 11.3. The fourth-order valence-electron chi connectivity index (χ4n) is 3.00. The zero-order valence-electron chi connectivity index (χ0n) is 17.6. The predicted octanol–water partition coefficient (Wildman–Crippen LogP) is 5.77. The molecule has 0 radical (unpaired) electrons. The highest BCUT2D eigenvalue weighted by Gasteiger charge is 2.40. The van der Waals surface area contributed by atoms with Crippen molar-refractivity contribution in [2.75, 3.05) is 5.73 Å². The summed E-state index contributed by atoms with van der Waals surface area (Å²) in [5.74, 6) is -1.19. The summed E-state index contributed by atoms with van der Waals surface area (Å²) in [5, 5.41) is 7.97. The van der Waals surface area contributed by atoms with Crippen LogP contribution in [0.1, 0.15) is 21.7 Å². The number of nitrogens with two attached hydrogens (primary N) is 2. The molecule has 4 aromatic rings. The fourth-order valence-corrected chi connectivity index (χ4v) is 3.25. The zero-order chi connectivity index (χ0) is 26.8. The average Bonchev–Trinajstić information content (AvgIpc) is 3.39. The molecule has 0 fully saturated rings. The van der Waals surface area contributed by atoms with Crippen LogP contribution in [0.25, 0.3) is 11.4 Å². The lowest BCUT2D eigenvalue weighted by molar-refractivity contribution is -0.143. The van der Waals surface area contributed by atoms with Gasteiger partial charge in [-0.3, -0.25) is 4.79 Å². The Morgan fingerprint density at radius 3 is 1.50 bits per heavy atom. The second-order valence-electron chi connectivity index (χ2n) is 6.99. The Hall–Kier alpha value is -3.71. The Kier molecular flexibility index (Phi) is 7.55. The molecular weight excluding hydrogens is 537 g/mol. The van der Waals surface area contributed by atoms with Crippen molar-refractivity contribution in [2.24, 2.45) is 5.73 Å². The number of alkyl halides is 6. The first-order chi connectivity index (χ1) is 16.7. The molecule has 0 saturated carbocycles. The number of anilines is 1. The van der Waals surface area contributed by atoms with Gasteiger partial charge >= 0.3 is 12.4 Å². The zero-order valence-corrected chi connectivity index (χ0v) is 19.2. The number of carbonyl (C=O) groups excluding carboxylic acids is 1. The lowest BCUT2D eigenvalue weighted by atomic mass is 10.2. The minimum Gasteiger partial charge on any atom is -0.396 e. The molecule has 0 saturated heterocycles. The van der Waals surface area contributed by atoms with E-state index in [2.05, 4.69) is 10.2 Å². The predicted molar refractivity (Wildman–Crippen MR) is 120 cm³/mol. The highest BCUT2D eigenvalue weighted by molar-refractivity contribution is 6.30. The molecular formula is C21H14Cl2F6N6O. The van der Waals surface area contributed by atoms with Gasteiger partial charge in [-0.1, -0.05) is 23.2 Å². The molecule has 0 spiro atoms. The Morgan fingerprint density at radius 2 is 1.11 bits per heavy atom. The summed E-state index contributed by atoms with van der Waals surface area (Å²) in [6, 6.07) is 11.4. The molecule has 0 bridgehead atoms. The van der Waals surface area contributed by atoms with Gasteiger partial charge in [0.2, 0.25) is 0 Å². The molecule has 1 amide bonds. The third-order valence-electron chi connectivity index (χ3n) is 4.51. The van der Waals surface area contributed by atoms with E-state index in [1.807, 2.05) is 0 Å². The van der Waals surface area contributed by atoms with E-state index >= 15 is 0 Å². The maximum atomic E-state index is 13.0. The number of amides is 1. The summed E-state index contributed by atoms with van der Waals surface area (Å²) in [4.78, 5) is 11.0. The van der Waals surface area contributed by atoms with Gasteiger partial charge in [-0.25, -0.2) is 9.36 Å². The molecule has 36 heavy (non-hydrogen) atoms. The Labute approximate surface area is 208 Å². The minimum absolute atomic E-state index is 0.129. The first-order valence-electron chi connectivity index (χ1n) is 9.57. The molecule has 0 aliphatic heterocycles. The van der Waals surface area contributed by atoms with Crippen molar-refractivity contribution in [2.45, 2.75) is 12.4 Å². The van der Waals surface area contributed by atoms with Crippen LogP contribution in [-0.2, 0) is 12.4 Å². The Morgan fingerprint density at radius 1 is 0.722 bits per heavy atom. The first kappa shape index (κ1) is 26.9. The van der Waals surface area contributed by atoms with Crippen molar-refractivity contribution >= 4 is 34.8 Å². The number of carbonyl (C=O) groups is 1. The van der Waals surface area contributed by atoms with E-state index in [0.717, 1.165) is 17.1 Å². The number of nitrogen functional groups attached to an aromatic ring is 1. The monoisotopic (exact) mass is 550 g/mol. The van der Waals surface area contributed by atoms with Gasteiger partial charge in [0.25, 0.3) is 5.91 Å². The molecule has 190 valence electrons. The van der Waals surface area contributed by atoms with Gasteiger partial charge in [-0.05, 0) is 48.5 Å². The Balaban J connectivity index is 0.000000202. The van der Waals surface area contributed by atoms with Gasteiger partial charge in [-0.15, -0.1) is 0 Å². The van der Waals surface area contributed by atoms with Crippen molar-refractivity contribution in [1.29, 1.82) is 0 Å². The molecule has 15 heteroatoms. The summed E-state index contributed by atoms with van der Waals surface area (Å²) < 4.78 is 78.5. The lowest BCUT2D eigenvalue weighted by Gasteiger charge is -2.11. The van der Waals surface area contributed by atoms with Crippen molar-refractivity contribution in [3.63, 3.8) is 0 Å². The minimum atomic E-state index is -4.75. The van der Waals surface area contributed by atoms with Crippen molar-refractivity contribution in [3.8, 4) is 11.4 Å². The molecule has 0 aliphatic carbocycles. The molecule has 0 aliphatic rings. The first-order valence-corrected chi connectivity index (χ1v) is 10.3. The van der Waals surface area contributed by atoms with Crippen molar-refractivity contribution < 1.29 is 31.1 Å². The van der Waals surface area contributed by atoms with Crippen LogP contribution in [0.2, 0.25) is 10.0 Å². The maximum Gasteiger partial charge on any atom is 0.435 e. The molecule has 2 heterocycles. The van der Waals surface area contributed by atoms with Crippen molar-refractivity contribution in [1.82, 2.24) is 19.6 Å². The summed E-state index contributed by atoms with van der Waals surface area (Å²) in [5.41, 5.74) is 7.28. The highest BCUT2D eigenvalue weighted by Crippen LogP contribution is 2.35. The van der Waals surface area contributed by atoms with E-state index in [1.165, 1.54) is 48.5 Å². The topological polar surface area (TPSA) is 105 Å². The van der Waals surface area contributed by atoms with Gasteiger partial charge in [0, 0.05) is 10.0 Å². The van der Waals surface area contributed by atoms with Crippen LogP contribution in [0.5, 0.6) is 0 Å². The largest absolute Gasteiger partial charge is 0.435 e. The fraction of sp³-hybridized carbons (Fsp3) is 0.0952. The molecule has 4 N–H and O–H groups in total. The van der Waals surface area contributed by atoms with Gasteiger partial charge in [0.1, 0.15) is 0 Å². The maximum absolute atomic E-state index is 13.0. The third-order valence-corrected chi connectivity index (χ3v) is 5.02. The average molecular weight is 551 g/mol. The van der Waals surface area contributed by atoms with Crippen LogP contribution in [0.3, 0.4) is 0 Å². The number of nitrogens with zero attached hydrogens (tertiary/aromatic N) is 4. The molecule has 0 atom stereocenters. The smallest absolute Gasteiger partial charge is 0.396 e. The van der Waals surface area contributed by atoms with Crippen LogP contribution in [0.4, 0.5) is 32.0 Å². The number of halogens is 8. The molecule has 0 unspecified atom stereocenters. The van der Waals surface area contributed by atoms with E-state index < -0.39 is 40.9 Å². The van der Waals surface area contributed by atoms with E-state index in [-0.39, 0.29) is 11.4 Å². The van der Waals surface area contributed by atoms with Crippen LogP contribution in [0, 0.1) is 0 Å². The highest BCUT2D eigenvalue weighted by atomic mass is 35.5. The van der Waals surface area contributed by atoms with Gasteiger partial charge in [0.15, 0.2) is 11.4 Å². The van der Waals surface area contributed by atoms with Crippen LogP contribution in [-0.4, -0.2) is 25.5 Å². The van der Waals surface area contributed by atoms with Gasteiger partial charge in [0.05, 0.1) is 35.0 Å². The molecule has 2 aromatic heterocycles. The number of aromatic nitrogens is 4. The number of hydrogen-bond donors (Lipinski definition) is 2. The summed E-state index contributed by atoms with van der Waals surface area (Å²) in [7, 11) is 0. The van der Waals surface area contributed by atoms with E-state index in [9.17, 15) is 31.1 Å². The van der Waals surface area contributed by atoms with Gasteiger partial charge < -0.3 is 11.5 Å². The normalized spacial score (nSPS) is 11.7. The second-order valence-corrected chi connectivity index (χ2v) is 7.86. The number of benzene rings is 2. The standard InChI is InChI=1S/C11H7ClF3N3O.C10H7ClF3N3/c12-6-1-3-7(4-2-6)18-9(11(13,14)15)8(5-17-18)10(16)19;11-6-1-3-7(4-2-6)17-9(10(12,13)14)8(15)5-16-17/h1-5H,(H2,16,19);1-5H,15H2. The SMILES string of the molecule is NC(=O)c1cnn(-c2ccc(Cl)cc2)c1C(F)(F)F.Nc1cnn(-c2ccc(Cl)cc2)c1C(F)(F)F. The lowest BCUT2D eigenvalue weighted by Crippen LogP contribution is -2.20. The summed E-state index contributed by atoms with van der Waals surface area (Å²) in [6.45, 7) is 0. The van der Waals surface area contributed by atoms with Crippen LogP contribution in [0.15, 0.2) is 60.9 Å². The van der Waals surface area contributed by atoms with Gasteiger partial charge in [-0.2, -0.15) is 36.5 Å². The third kappa shape index (κ3) is 5.91. The van der Waals surface area contributed by atoms with E-state index in [1.54, 1.807) is 0 Å². The number of hydrogen-bond acceptors (Lipinski definition) is 4. The summed E-state index contributed by atoms with van der Waals surface area (Å²) in [6.07, 6.45) is -7.54. The van der Waals surface area contributed by atoms with Crippen molar-refractivity contribution in [3.05, 3.63) is 87.9 Å². The Bertz CT molecular complexity index is 1360. The molecule has 2 aromatic carbocycles. The second kappa shape index (κ2) is 10.1. The number of rotatable bonds is 3. The molecule has 7 nitrogen and oxygen atoms in total. The van der Waals surface area contributed by atoms with Crippen LogP contribution < -0.4 is 11.5 Å². The van der Waals surface area contributed by atoms with E-state index in [0.29, 0.717) is 14.7 Å². The number of primary amides is 1. The van der Waals surface area contributed by atoms with Crippen LogP contribution >= 0.6 is 23.2 Å².